The van der Waals surface area contributed by atoms with E-state index in [9.17, 15) is 17.6 Å². The molecule has 0 spiro atoms. The first kappa shape index (κ1) is 14.7. The lowest BCUT2D eigenvalue weighted by Crippen LogP contribution is -2.32. The lowest BCUT2D eigenvalue weighted by atomic mass is 10.1. The molecule has 106 valence electrons. The normalized spacial score (nSPS) is 17.7. The highest BCUT2D eigenvalue weighted by molar-refractivity contribution is 7.99. The van der Waals surface area contributed by atoms with Crippen LogP contribution in [0.4, 0.5) is 17.6 Å². The average molecular weight is 293 g/mol. The molecule has 0 atom stereocenters. The van der Waals surface area contributed by atoms with E-state index in [2.05, 4.69) is 5.32 Å². The molecule has 19 heavy (non-hydrogen) atoms. The van der Waals surface area contributed by atoms with E-state index in [-0.39, 0.29) is 6.54 Å². The number of benzene rings is 1. The van der Waals surface area contributed by atoms with Gasteiger partial charge in [0.25, 0.3) is 0 Å². The summed E-state index contributed by atoms with van der Waals surface area (Å²) < 4.78 is 50.9. The largest absolute Gasteiger partial charge is 0.416 e. The maximum atomic E-state index is 13.2. The lowest BCUT2D eigenvalue weighted by Gasteiger charge is -2.22. The summed E-state index contributed by atoms with van der Waals surface area (Å²) in [6.45, 7) is 0.274. The van der Waals surface area contributed by atoms with Gasteiger partial charge in [-0.3, -0.25) is 0 Å². The van der Waals surface area contributed by atoms with Gasteiger partial charge in [0.1, 0.15) is 5.82 Å². The van der Waals surface area contributed by atoms with E-state index in [0.717, 1.165) is 36.5 Å². The fraction of sp³-hybridized carbons (Fsp3) is 0.538. The topological polar surface area (TPSA) is 12.0 Å². The van der Waals surface area contributed by atoms with Gasteiger partial charge in [-0.1, -0.05) is 0 Å². The second-order valence-electron chi connectivity index (χ2n) is 4.61. The van der Waals surface area contributed by atoms with Crippen molar-refractivity contribution >= 4 is 11.8 Å². The number of rotatable bonds is 3. The van der Waals surface area contributed by atoms with Crippen LogP contribution in [0.1, 0.15) is 24.0 Å². The van der Waals surface area contributed by atoms with E-state index in [1.54, 1.807) is 0 Å². The second kappa shape index (κ2) is 6.13. The Labute approximate surface area is 113 Å². The zero-order chi connectivity index (χ0) is 13.9. The maximum Gasteiger partial charge on any atom is 0.416 e. The van der Waals surface area contributed by atoms with E-state index in [1.165, 1.54) is 0 Å². The minimum Gasteiger partial charge on any atom is -0.310 e. The Hall–Kier alpha value is -0.750. The van der Waals surface area contributed by atoms with E-state index in [4.69, 9.17) is 0 Å². The second-order valence-corrected chi connectivity index (χ2v) is 5.84. The quantitative estimate of drug-likeness (QED) is 0.850. The molecule has 0 unspecified atom stereocenters. The van der Waals surface area contributed by atoms with E-state index >= 15 is 0 Å². The minimum atomic E-state index is -4.50. The van der Waals surface area contributed by atoms with Crippen molar-refractivity contribution in [3.8, 4) is 0 Å². The third kappa shape index (κ3) is 4.38. The number of hydrogen-bond acceptors (Lipinski definition) is 2. The van der Waals surface area contributed by atoms with Gasteiger partial charge in [-0.2, -0.15) is 24.9 Å². The van der Waals surface area contributed by atoms with Gasteiger partial charge in [-0.05, 0) is 48.1 Å². The van der Waals surface area contributed by atoms with Gasteiger partial charge in [-0.15, -0.1) is 0 Å². The molecule has 2 rings (SSSR count). The van der Waals surface area contributed by atoms with Crippen LogP contribution in [0, 0.1) is 5.82 Å². The van der Waals surface area contributed by atoms with Crippen LogP contribution in [0.3, 0.4) is 0 Å². The van der Waals surface area contributed by atoms with E-state index in [1.807, 2.05) is 11.8 Å². The Bertz CT molecular complexity index is 427. The van der Waals surface area contributed by atoms with Crippen molar-refractivity contribution in [1.82, 2.24) is 5.32 Å². The Kier molecular flexibility index (Phi) is 4.73. The fourth-order valence-electron chi connectivity index (χ4n) is 2.08. The van der Waals surface area contributed by atoms with Crippen LogP contribution < -0.4 is 5.32 Å². The molecular formula is C13H15F4NS. The Morgan fingerprint density at radius 3 is 2.47 bits per heavy atom. The van der Waals surface area contributed by atoms with Crippen LogP contribution in [0.25, 0.3) is 0 Å². The lowest BCUT2D eigenvalue weighted by molar-refractivity contribution is -0.137. The van der Waals surface area contributed by atoms with E-state index in [0.29, 0.717) is 17.7 Å². The molecule has 0 saturated carbocycles. The summed E-state index contributed by atoms with van der Waals surface area (Å²) in [6.07, 6.45) is -2.49. The number of halogens is 4. The standard InChI is InChI=1S/C13H15F4NS/c14-11-6-9(5-10(7-11)13(15,16)17)8-18-12-1-3-19-4-2-12/h5-7,12,18H,1-4,8H2. The molecule has 0 aromatic heterocycles. The first-order valence-corrected chi connectivity index (χ1v) is 7.28. The van der Waals surface area contributed by atoms with Crippen LogP contribution in [-0.4, -0.2) is 17.5 Å². The number of thioether (sulfide) groups is 1. The molecule has 0 amide bonds. The van der Waals surface area contributed by atoms with Gasteiger partial charge >= 0.3 is 6.18 Å². The highest BCUT2D eigenvalue weighted by Gasteiger charge is 2.31. The van der Waals surface area contributed by atoms with Crippen LogP contribution in [-0.2, 0) is 12.7 Å². The molecule has 0 bridgehead atoms. The summed E-state index contributed by atoms with van der Waals surface area (Å²) >= 11 is 1.88. The van der Waals surface area contributed by atoms with Gasteiger partial charge in [0, 0.05) is 12.6 Å². The van der Waals surface area contributed by atoms with E-state index < -0.39 is 17.6 Å². The molecule has 0 radical (unpaired) electrons. The summed E-state index contributed by atoms with van der Waals surface area (Å²) in [4.78, 5) is 0. The highest BCUT2D eigenvalue weighted by Crippen LogP contribution is 2.30. The van der Waals surface area contributed by atoms with Crippen molar-refractivity contribution in [3.63, 3.8) is 0 Å². The Morgan fingerprint density at radius 2 is 1.84 bits per heavy atom. The summed E-state index contributed by atoms with van der Waals surface area (Å²) in [5.74, 6) is 1.29. The van der Waals surface area contributed by atoms with Crippen molar-refractivity contribution in [3.05, 3.63) is 35.1 Å². The first-order chi connectivity index (χ1) is 8.95. The SMILES string of the molecule is Fc1cc(CNC2CCSCC2)cc(C(F)(F)F)c1. The van der Waals surface area contributed by atoms with Crippen LogP contribution in [0.15, 0.2) is 18.2 Å². The van der Waals surface area contributed by atoms with Crippen LogP contribution in [0.5, 0.6) is 0 Å². The highest BCUT2D eigenvalue weighted by atomic mass is 32.2. The predicted molar refractivity (Wildman–Crippen MR) is 68.6 cm³/mol. The summed E-state index contributed by atoms with van der Waals surface area (Å²) in [5.41, 5.74) is -0.589. The van der Waals surface area contributed by atoms with Gasteiger partial charge in [0.15, 0.2) is 0 Å². The summed E-state index contributed by atoms with van der Waals surface area (Å²) in [6, 6.07) is 3.01. The summed E-state index contributed by atoms with van der Waals surface area (Å²) in [5, 5.41) is 3.20. The zero-order valence-corrected chi connectivity index (χ0v) is 11.1. The van der Waals surface area contributed by atoms with Gasteiger partial charge in [-0.25, -0.2) is 4.39 Å². The third-order valence-corrected chi connectivity index (χ3v) is 4.15. The van der Waals surface area contributed by atoms with Crippen LogP contribution >= 0.6 is 11.8 Å². The molecule has 1 aliphatic rings. The molecular weight excluding hydrogens is 278 g/mol. The fourth-order valence-corrected chi connectivity index (χ4v) is 3.19. The van der Waals surface area contributed by atoms with Gasteiger partial charge < -0.3 is 5.32 Å². The monoisotopic (exact) mass is 293 g/mol. The van der Waals surface area contributed by atoms with Crippen molar-refractivity contribution in [2.45, 2.75) is 31.6 Å². The summed E-state index contributed by atoms with van der Waals surface area (Å²) in [7, 11) is 0. The molecule has 1 saturated heterocycles. The smallest absolute Gasteiger partial charge is 0.310 e. The first-order valence-electron chi connectivity index (χ1n) is 6.13. The number of alkyl halides is 3. The molecule has 6 heteroatoms. The predicted octanol–water partition coefficient (Wildman–Crippen LogP) is 3.83. The van der Waals surface area contributed by atoms with Gasteiger partial charge in [0.05, 0.1) is 5.56 Å². The molecule has 1 N–H and O–H groups in total. The molecule has 1 fully saturated rings. The molecule has 1 aliphatic heterocycles. The molecule has 1 heterocycles. The Morgan fingerprint density at radius 1 is 1.16 bits per heavy atom. The molecule has 1 aromatic carbocycles. The molecule has 1 aromatic rings. The minimum absolute atomic E-state index is 0.274. The Balaban J connectivity index is 2.01. The molecule has 1 nitrogen and oxygen atoms in total. The van der Waals surface area contributed by atoms with Crippen molar-refractivity contribution < 1.29 is 17.6 Å². The number of hydrogen-bond donors (Lipinski definition) is 1. The average Bonchev–Trinajstić information content (AvgIpc) is 2.36. The van der Waals surface area contributed by atoms with Crippen molar-refractivity contribution in [2.24, 2.45) is 0 Å². The maximum absolute atomic E-state index is 13.2. The van der Waals surface area contributed by atoms with Crippen LogP contribution in [0.2, 0.25) is 0 Å². The van der Waals surface area contributed by atoms with Crippen molar-refractivity contribution in [1.29, 1.82) is 0 Å². The third-order valence-electron chi connectivity index (χ3n) is 3.10. The van der Waals surface area contributed by atoms with Crippen molar-refractivity contribution in [2.75, 3.05) is 11.5 Å². The molecule has 0 aliphatic carbocycles. The van der Waals surface area contributed by atoms with Gasteiger partial charge in [0.2, 0.25) is 0 Å². The number of nitrogens with one attached hydrogen (secondary N) is 1. The zero-order valence-electron chi connectivity index (χ0n) is 10.3.